The van der Waals surface area contributed by atoms with Crippen molar-refractivity contribution in [2.24, 2.45) is 40.4 Å². The molecule has 19 heteroatoms. The number of likely N-dealkylation sites (N-methyl/N-ethyl adjacent to an activating group) is 1. The van der Waals surface area contributed by atoms with Crippen molar-refractivity contribution in [2.45, 2.75) is 106 Å². The lowest BCUT2D eigenvalue weighted by Crippen LogP contribution is -2.82. The van der Waals surface area contributed by atoms with E-state index in [2.05, 4.69) is 11.8 Å². The van der Waals surface area contributed by atoms with Gasteiger partial charge in [-0.05, 0) is 43.9 Å². The Balaban J connectivity index is 0.000000387. The zero-order valence-corrected chi connectivity index (χ0v) is 35.7. The summed E-state index contributed by atoms with van der Waals surface area (Å²) in [7, 11) is 6.70. The van der Waals surface area contributed by atoms with Crippen molar-refractivity contribution in [1.82, 2.24) is 4.90 Å². The van der Waals surface area contributed by atoms with Crippen LogP contribution in [-0.2, 0) is 47.7 Å². The summed E-state index contributed by atoms with van der Waals surface area (Å²) in [5, 5.41) is 60.4. The van der Waals surface area contributed by atoms with Crippen LogP contribution >= 0.6 is 0 Å². The van der Waals surface area contributed by atoms with Crippen LogP contribution in [0.15, 0.2) is 24.3 Å². The topological polar surface area (TPSA) is 276 Å². The van der Waals surface area contributed by atoms with E-state index >= 15 is 0 Å². The molecule has 1 spiro atoms. The third kappa shape index (κ3) is 6.28. The second kappa shape index (κ2) is 16.2. The number of likely N-dealkylation sites (tertiary alicyclic amines) is 1. The minimum absolute atomic E-state index is 0.0358. The molecule has 2 amide bonds. The molecule has 6 N–H and O–H groups in total. The van der Waals surface area contributed by atoms with E-state index in [1.165, 1.54) is 0 Å². The number of hydrogen-bond acceptors (Lipinski definition) is 15. The van der Waals surface area contributed by atoms with Crippen molar-refractivity contribution < 1.29 is 83.1 Å². The molecular formula is C43H58N2O17. The molecule has 14 atom stereocenters. The number of carbonyl (C=O) groups is 6. The van der Waals surface area contributed by atoms with E-state index in [0.29, 0.717) is 25.9 Å². The van der Waals surface area contributed by atoms with Crippen LogP contribution in [-0.4, -0.2) is 167 Å². The molecule has 7 aliphatic rings. The first kappa shape index (κ1) is 45.9. The van der Waals surface area contributed by atoms with Crippen molar-refractivity contribution in [2.75, 3.05) is 53.0 Å². The molecule has 2 aliphatic heterocycles. The molecule has 5 aliphatic carbocycles. The molecule has 2 heterocycles. The first-order chi connectivity index (χ1) is 29.2. The van der Waals surface area contributed by atoms with Gasteiger partial charge in [0, 0.05) is 82.3 Å². The molecule has 5 saturated carbocycles. The number of hydrogen-bond donors (Lipinski definition) is 6. The Hall–Kier alpha value is -4.08. The summed E-state index contributed by atoms with van der Waals surface area (Å²) in [5.41, 5.74) is -6.91. The van der Waals surface area contributed by atoms with Gasteiger partial charge in [-0.3, -0.25) is 24.1 Å². The molecule has 0 radical (unpaired) electrons. The largest absolute Gasteiger partial charge is 0.481 e. The van der Waals surface area contributed by atoms with Gasteiger partial charge in [-0.15, -0.1) is 0 Å². The van der Waals surface area contributed by atoms with Crippen LogP contribution in [0.2, 0.25) is 0 Å². The van der Waals surface area contributed by atoms with E-state index in [1.54, 1.807) is 59.6 Å². The lowest BCUT2D eigenvalue weighted by atomic mass is 9.42. The maximum atomic E-state index is 14.1. The third-order valence-corrected chi connectivity index (χ3v) is 15.8. The fraction of sp³-hybridized carbons (Fsp3) is 0.721. The van der Waals surface area contributed by atoms with Gasteiger partial charge in [0.25, 0.3) is 0 Å². The Morgan fingerprint density at radius 2 is 1.60 bits per heavy atom. The highest BCUT2D eigenvalue weighted by Gasteiger charge is 2.91. The molecule has 1 aromatic carbocycles. The molecular weight excluding hydrogens is 816 g/mol. The van der Waals surface area contributed by atoms with Gasteiger partial charge in [-0.1, -0.05) is 26.0 Å². The van der Waals surface area contributed by atoms with Crippen molar-refractivity contribution in [3.8, 4) is 0 Å². The normalized spacial score (nSPS) is 40.2. The number of amides is 2. The first-order valence-corrected chi connectivity index (χ1v) is 21.0. The number of piperidine rings is 1. The maximum absolute atomic E-state index is 14.1. The summed E-state index contributed by atoms with van der Waals surface area (Å²) in [4.78, 5) is 73.8. The fourth-order valence-corrected chi connectivity index (χ4v) is 13.9. The van der Waals surface area contributed by atoms with Crippen molar-refractivity contribution >= 4 is 41.4 Å². The van der Waals surface area contributed by atoms with Gasteiger partial charge < -0.3 is 54.3 Å². The number of methoxy groups -OCH3 is 4. The number of para-hydroxylation sites is 1. The van der Waals surface area contributed by atoms with Gasteiger partial charge in [-0.2, -0.15) is 0 Å². The zero-order chi connectivity index (χ0) is 45.5. The average Bonchev–Trinajstić information content (AvgIpc) is 3.75. The lowest BCUT2D eigenvalue weighted by molar-refractivity contribution is -0.320. The van der Waals surface area contributed by atoms with Crippen molar-refractivity contribution in [3.63, 3.8) is 0 Å². The number of fused-ring (bicyclic) bond motifs is 2. The standard InChI is InChI=1S/C37H50N2O10.C6H8O7/c1-7-38-17-34(18-49-32(42)20-10-8-9-11-23(20)39-26(40)14-19(2)31(39)41)13-12-25(46-4)36-22-15-21-24(45-3)16-35(43,27(22)28(21)47-5)37(44,33(36)38)30(48-6)29(34)36;7-3(8)1-6(13,5(11)12)2-4(9)10/h8-11,19,21-22,24-25,27-30,33,43-44H,7,12-18H2,1-6H3;13H,1-2H2,(H,7,8)(H,9,10)(H,11,12)/t19-,21+,22+,24-,25-,27+,28-,29+,30-,33?,34-,35+,36+,37+;/m0./s1. The van der Waals surface area contributed by atoms with E-state index in [4.69, 9.17) is 44.1 Å². The molecule has 7 fully saturated rings. The maximum Gasteiger partial charge on any atom is 0.340 e. The number of benzene rings is 1. The van der Waals surface area contributed by atoms with Crippen LogP contribution < -0.4 is 4.90 Å². The van der Waals surface area contributed by atoms with E-state index in [-0.39, 0.29) is 84.5 Å². The van der Waals surface area contributed by atoms with Gasteiger partial charge in [0.15, 0.2) is 5.60 Å². The van der Waals surface area contributed by atoms with Crippen LogP contribution in [0, 0.1) is 40.4 Å². The number of carbonyl (C=O) groups excluding carboxylic acids is 3. The fourth-order valence-electron chi connectivity index (χ4n) is 13.9. The summed E-state index contributed by atoms with van der Waals surface area (Å²) < 4.78 is 31.4. The second-order valence-corrected chi connectivity index (χ2v) is 18.4. The van der Waals surface area contributed by atoms with Crippen LogP contribution in [0.1, 0.15) is 69.2 Å². The number of nitrogens with zero attached hydrogens (tertiary/aromatic N) is 2. The number of ether oxygens (including phenoxy) is 5. The number of carboxylic acid groups (broad SMARTS) is 3. The minimum atomic E-state index is -2.74. The van der Waals surface area contributed by atoms with E-state index in [0.717, 1.165) is 11.3 Å². The molecule has 7 bridgehead atoms. The minimum Gasteiger partial charge on any atom is -0.481 e. The summed E-state index contributed by atoms with van der Waals surface area (Å²) >= 11 is 0. The van der Waals surface area contributed by atoms with E-state index < -0.39 is 82.4 Å². The molecule has 342 valence electrons. The SMILES string of the molecule is CCN1C[C@]2(COC(=O)c3ccccc3N3C(=O)C[C@H](C)C3=O)CC[C@H](OC)[C@@]34C1[C@](O)([C@@H](OC)[C@H]23)[C@@]1(O)C[C@H](OC)[C@H]2C[C@@H]4[C@@H]1[C@H]2OC.O=C(O)CC(O)(CC(=O)O)C(=O)O. The third-order valence-electron chi connectivity index (χ3n) is 15.8. The molecule has 62 heavy (non-hydrogen) atoms. The average molecular weight is 875 g/mol. The summed E-state index contributed by atoms with van der Waals surface area (Å²) in [6, 6.07) is 6.12. The monoisotopic (exact) mass is 874 g/mol. The summed E-state index contributed by atoms with van der Waals surface area (Å²) in [6.07, 6.45) is -1.48. The molecule has 8 rings (SSSR count). The van der Waals surface area contributed by atoms with Gasteiger partial charge in [0.2, 0.25) is 11.8 Å². The number of esters is 1. The number of anilines is 1. The number of carboxylic acids is 3. The molecule has 1 unspecified atom stereocenters. The Bertz CT molecular complexity index is 1980. The highest BCUT2D eigenvalue weighted by molar-refractivity contribution is 6.22. The Morgan fingerprint density at radius 3 is 2.13 bits per heavy atom. The highest BCUT2D eigenvalue weighted by Crippen LogP contribution is 2.80. The number of imide groups is 1. The predicted molar refractivity (Wildman–Crippen MR) is 212 cm³/mol. The van der Waals surface area contributed by atoms with Gasteiger partial charge >= 0.3 is 23.9 Å². The van der Waals surface area contributed by atoms with Gasteiger partial charge in [-0.25, -0.2) is 14.5 Å². The highest BCUT2D eigenvalue weighted by atomic mass is 16.5. The van der Waals surface area contributed by atoms with Crippen LogP contribution in [0.25, 0.3) is 0 Å². The Labute approximate surface area is 358 Å². The molecule has 0 aromatic heterocycles. The number of aliphatic carboxylic acids is 3. The molecule has 19 nitrogen and oxygen atoms in total. The summed E-state index contributed by atoms with van der Waals surface area (Å²) in [6.45, 7) is 4.95. The quantitative estimate of drug-likeness (QED) is 0.111. The summed E-state index contributed by atoms with van der Waals surface area (Å²) in [5.74, 6) is -7.49. The molecule has 2 saturated heterocycles. The van der Waals surface area contributed by atoms with Crippen LogP contribution in [0.3, 0.4) is 0 Å². The van der Waals surface area contributed by atoms with Crippen LogP contribution in [0.4, 0.5) is 5.69 Å². The first-order valence-electron chi connectivity index (χ1n) is 21.0. The van der Waals surface area contributed by atoms with Crippen molar-refractivity contribution in [3.05, 3.63) is 29.8 Å². The predicted octanol–water partition coefficient (Wildman–Crippen LogP) is 0.787. The van der Waals surface area contributed by atoms with Gasteiger partial charge in [0.1, 0.15) is 11.2 Å². The second-order valence-electron chi connectivity index (χ2n) is 18.4. The van der Waals surface area contributed by atoms with Gasteiger partial charge in [0.05, 0.1) is 61.2 Å². The molecule has 1 aromatic rings. The van der Waals surface area contributed by atoms with E-state index in [9.17, 15) is 39.0 Å². The van der Waals surface area contributed by atoms with E-state index in [1.807, 2.05) is 0 Å². The number of aliphatic hydroxyl groups is 3. The van der Waals surface area contributed by atoms with Crippen LogP contribution in [0.5, 0.6) is 0 Å². The van der Waals surface area contributed by atoms with Crippen molar-refractivity contribution in [1.29, 1.82) is 0 Å². The smallest absolute Gasteiger partial charge is 0.340 e. The number of rotatable bonds is 14. The Kier molecular flexibility index (Phi) is 12.0. The lowest BCUT2D eigenvalue weighted by Gasteiger charge is -2.70. The zero-order valence-electron chi connectivity index (χ0n) is 35.7. The Morgan fingerprint density at radius 1 is 0.935 bits per heavy atom.